The van der Waals surface area contributed by atoms with Crippen LogP contribution in [-0.2, 0) is 0 Å². The van der Waals surface area contributed by atoms with Gasteiger partial charge in [0.05, 0.1) is 18.2 Å². The summed E-state index contributed by atoms with van der Waals surface area (Å²) in [4.78, 5) is 1.99. The molecule has 2 saturated heterocycles. The quantitative estimate of drug-likeness (QED) is 0.499. The lowest BCUT2D eigenvalue weighted by molar-refractivity contribution is -0.247. The van der Waals surface area contributed by atoms with E-state index in [9.17, 15) is 20.4 Å². The molecular weight excluding hydrogens is 234 g/mol. The minimum absolute atomic E-state index is 0.164. The van der Waals surface area contributed by atoms with E-state index in [1.807, 2.05) is 4.90 Å². The first-order valence-corrected chi connectivity index (χ1v) is 6.98. The summed E-state index contributed by atoms with van der Waals surface area (Å²) in [6.07, 6.45) is 2.09. The number of piperidine rings is 1. The SMILES string of the molecule is CCCCC[C@@H]1CC2(CO)C(O)C(O)C(O)CN12. The molecule has 0 aromatic heterocycles. The van der Waals surface area contributed by atoms with E-state index in [0.29, 0.717) is 19.0 Å². The van der Waals surface area contributed by atoms with Crippen molar-refractivity contribution in [1.82, 2.24) is 4.90 Å². The third-order valence-corrected chi connectivity index (χ3v) is 4.67. The van der Waals surface area contributed by atoms with Crippen LogP contribution in [0.3, 0.4) is 0 Å². The molecular formula is C13H25NO4. The van der Waals surface area contributed by atoms with Crippen molar-refractivity contribution in [3.8, 4) is 0 Å². The van der Waals surface area contributed by atoms with E-state index < -0.39 is 23.9 Å². The predicted octanol–water partition coefficient (Wildman–Crippen LogP) is -0.532. The Kier molecular flexibility index (Phi) is 4.29. The lowest BCUT2D eigenvalue weighted by Crippen LogP contribution is -2.80. The molecule has 5 atom stereocenters. The molecule has 5 heteroatoms. The number of fused-ring (bicyclic) bond motifs is 1. The van der Waals surface area contributed by atoms with E-state index >= 15 is 0 Å². The van der Waals surface area contributed by atoms with Crippen molar-refractivity contribution < 1.29 is 20.4 Å². The summed E-state index contributed by atoms with van der Waals surface area (Å²) < 4.78 is 0. The molecule has 4 unspecified atom stereocenters. The van der Waals surface area contributed by atoms with E-state index in [0.717, 1.165) is 12.8 Å². The van der Waals surface area contributed by atoms with Gasteiger partial charge in [0.2, 0.25) is 0 Å². The third kappa shape index (κ3) is 2.08. The highest BCUT2D eigenvalue weighted by Gasteiger charge is 2.61. The smallest absolute Gasteiger partial charge is 0.109 e. The van der Waals surface area contributed by atoms with Gasteiger partial charge in [-0.05, 0) is 12.8 Å². The topological polar surface area (TPSA) is 84.2 Å². The zero-order valence-electron chi connectivity index (χ0n) is 11.0. The van der Waals surface area contributed by atoms with Crippen LogP contribution in [-0.4, -0.2) is 68.4 Å². The van der Waals surface area contributed by atoms with Gasteiger partial charge in [0.25, 0.3) is 0 Å². The van der Waals surface area contributed by atoms with Crippen LogP contribution in [0, 0.1) is 0 Å². The third-order valence-electron chi connectivity index (χ3n) is 4.67. The lowest BCUT2D eigenvalue weighted by atomic mass is 9.68. The predicted molar refractivity (Wildman–Crippen MR) is 67.1 cm³/mol. The molecule has 106 valence electrons. The zero-order chi connectivity index (χ0) is 13.3. The summed E-state index contributed by atoms with van der Waals surface area (Å²) in [6.45, 7) is 2.33. The Balaban J connectivity index is 1.99. The monoisotopic (exact) mass is 259 g/mol. The first kappa shape index (κ1) is 14.2. The van der Waals surface area contributed by atoms with E-state index in [1.54, 1.807) is 0 Å². The van der Waals surface area contributed by atoms with Gasteiger partial charge in [0, 0.05) is 12.6 Å². The standard InChI is InChI=1S/C13H25NO4/c1-2-3-4-5-9-6-13(8-15)12(18)11(17)10(16)7-14(9)13/h9-12,15-18H,2-8H2,1H3/t9-,10?,11?,12?,13?/m1/s1. The number of hydrogen-bond acceptors (Lipinski definition) is 5. The molecule has 0 spiro atoms. The molecule has 4 N–H and O–H groups in total. The van der Waals surface area contributed by atoms with Crippen molar-refractivity contribution in [1.29, 1.82) is 0 Å². The molecule has 2 heterocycles. The van der Waals surface area contributed by atoms with Crippen molar-refractivity contribution in [2.75, 3.05) is 13.2 Å². The van der Waals surface area contributed by atoms with Crippen LogP contribution in [0.1, 0.15) is 39.0 Å². The van der Waals surface area contributed by atoms with Gasteiger partial charge in [-0.25, -0.2) is 0 Å². The van der Waals surface area contributed by atoms with Gasteiger partial charge in [0.1, 0.15) is 12.2 Å². The van der Waals surface area contributed by atoms with Crippen LogP contribution in [0.4, 0.5) is 0 Å². The van der Waals surface area contributed by atoms with E-state index in [4.69, 9.17) is 0 Å². The summed E-state index contributed by atoms with van der Waals surface area (Å²) in [5.41, 5.74) is -0.727. The van der Waals surface area contributed by atoms with Crippen LogP contribution < -0.4 is 0 Å². The van der Waals surface area contributed by atoms with E-state index in [-0.39, 0.29) is 6.61 Å². The number of rotatable bonds is 5. The number of β-amino-alcohol motifs (C(OH)–C–C–N with tert-alkyl or cyclic N) is 1. The Hall–Kier alpha value is -0.200. The van der Waals surface area contributed by atoms with Gasteiger partial charge in [-0.15, -0.1) is 0 Å². The fraction of sp³-hybridized carbons (Fsp3) is 1.00. The minimum Gasteiger partial charge on any atom is -0.394 e. The largest absolute Gasteiger partial charge is 0.394 e. The number of aliphatic hydroxyl groups excluding tert-OH is 4. The Bertz CT molecular complexity index is 288. The second-order valence-corrected chi connectivity index (χ2v) is 5.77. The molecule has 0 bridgehead atoms. The molecule has 5 nitrogen and oxygen atoms in total. The summed E-state index contributed by atoms with van der Waals surface area (Å²) in [5, 5.41) is 39.1. The molecule has 18 heavy (non-hydrogen) atoms. The number of hydrogen-bond donors (Lipinski definition) is 4. The minimum atomic E-state index is -1.15. The van der Waals surface area contributed by atoms with Gasteiger partial charge in [-0.2, -0.15) is 0 Å². The van der Waals surface area contributed by atoms with Crippen molar-refractivity contribution >= 4 is 0 Å². The summed E-state index contributed by atoms with van der Waals surface area (Å²) in [6, 6.07) is 0.320. The maximum atomic E-state index is 10.1. The number of aliphatic hydroxyl groups is 4. The van der Waals surface area contributed by atoms with Crippen molar-refractivity contribution in [3.05, 3.63) is 0 Å². The van der Waals surface area contributed by atoms with E-state index in [1.165, 1.54) is 12.8 Å². The van der Waals surface area contributed by atoms with Crippen LogP contribution >= 0.6 is 0 Å². The number of nitrogens with zero attached hydrogens (tertiary/aromatic N) is 1. The molecule has 0 aliphatic carbocycles. The van der Waals surface area contributed by atoms with Crippen LogP contribution in [0.25, 0.3) is 0 Å². The molecule has 2 aliphatic heterocycles. The van der Waals surface area contributed by atoms with Crippen molar-refractivity contribution in [2.45, 2.75) is 68.9 Å². The average Bonchev–Trinajstić information content (AvgIpc) is 2.36. The molecule has 2 fully saturated rings. The molecule has 2 rings (SSSR count). The Morgan fingerprint density at radius 3 is 2.56 bits per heavy atom. The molecule has 0 amide bonds. The van der Waals surface area contributed by atoms with Crippen LogP contribution in [0.15, 0.2) is 0 Å². The fourth-order valence-corrected chi connectivity index (χ4v) is 3.48. The summed E-state index contributed by atoms with van der Waals surface area (Å²) in [5.74, 6) is 0. The molecule has 0 aromatic rings. The van der Waals surface area contributed by atoms with E-state index in [2.05, 4.69) is 6.92 Å². The van der Waals surface area contributed by atoms with Gasteiger partial charge < -0.3 is 20.4 Å². The van der Waals surface area contributed by atoms with Crippen molar-refractivity contribution in [2.24, 2.45) is 0 Å². The lowest BCUT2D eigenvalue weighted by Gasteiger charge is -2.64. The Morgan fingerprint density at radius 2 is 1.94 bits per heavy atom. The van der Waals surface area contributed by atoms with Gasteiger partial charge in [-0.1, -0.05) is 26.2 Å². The first-order valence-electron chi connectivity index (χ1n) is 6.98. The highest BCUT2D eigenvalue weighted by atomic mass is 16.4. The summed E-state index contributed by atoms with van der Waals surface area (Å²) in [7, 11) is 0. The van der Waals surface area contributed by atoms with Crippen LogP contribution in [0.5, 0.6) is 0 Å². The molecule has 2 aliphatic rings. The second kappa shape index (κ2) is 5.43. The van der Waals surface area contributed by atoms with Crippen molar-refractivity contribution in [3.63, 3.8) is 0 Å². The maximum absolute atomic E-state index is 10.1. The first-order chi connectivity index (χ1) is 8.56. The van der Waals surface area contributed by atoms with Gasteiger partial charge in [-0.3, -0.25) is 4.90 Å². The van der Waals surface area contributed by atoms with Crippen LogP contribution in [0.2, 0.25) is 0 Å². The fourth-order valence-electron chi connectivity index (χ4n) is 3.48. The Labute approximate surface area is 108 Å². The zero-order valence-corrected chi connectivity index (χ0v) is 11.0. The highest BCUT2D eigenvalue weighted by Crippen LogP contribution is 2.45. The second-order valence-electron chi connectivity index (χ2n) is 5.77. The normalized spacial score (nSPS) is 44.5. The number of unbranched alkanes of at least 4 members (excludes halogenated alkanes) is 2. The van der Waals surface area contributed by atoms with Gasteiger partial charge in [0.15, 0.2) is 0 Å². The summed E-state index contributed by atoms with van der Waals surface area (Å²) >= 11 is 0. The molecule has 0 saturated carbocycles. The Morgan fingerprint density at radius 1 is 1.22 bits per heavy atom. The molecule has 0 aromatic carbocycles. The average molecular weight is 259 g/mol. The highest BCUT2D eigenvalue weighted by molar-refractivity contribution is 5.15. The maximum Gasteiger partial charge on any atom is 0.109 e. The molecule has 0 radical (unpaired) electrons. The van der Waals surface area contributed by atoms with Gasteiger partial charge >= 0.3 is 0 Å².